The molecule has 1 aliphatic rings. The number of amides is 1. The average molecular weight is 406 g/mol. The van der Waals surface area contributed by atoms with Crippen LogP contribution in [0.1, 0.15) is 29.8 Å². The summed E-state index contributed by atoms with van der Waals surface area (Å²) in [4.78, 5) is 16.5. The van der Waals surface area contributed by atoms with Crippen molar-refractivity contribution in [3.8, 4) is 10.6 Å². The summed E-state index contributed by atoms with van der Waals surface area (Å²) in [5.41, 5.74) is 1.25. The number of hydrogen-bond donors (Lipinski definition) is 2. The first-order valence-electron chi connectivity index (χ1n) is 7.93. The molecule has 25 heavy (non-hydrogen) atoms. The van der Waals surface area contributed by atoms with E-state index in [0.717, 1.165) is 30.1 Å². The standard InChI is InChI=1S/C17H20FN3OS.2ClH/c18-14-5-3-13(4-6-14)17-21-15(11-23-17)16(22)20-9-7-12-2-1-8-19-10-12;;/h3-6,11-12,19H,1-2,7-10H2,(H,20,22);2*1H. The number of benzene rings is 1. The average Bonchev–Trinajstić information content (AvgIpc) is 3.06. The zero-order chi connectivity index (χ0) is 16.1. The lowest BCUT2D eigenvalue weighted by Gasteiger charge is -2.22. The molecule has 138 valence electrons. The molecule has 1 aromatic heterocycles. The van der Waals surface area contributed by atoms with Crippen molar-refractivity contribution in [2.24, 2.45) is 5.92 Å². The Balaban J connectivity index is 0.00000156. The minimum Gasteiger partial charge on any atom is -0.351 e. The van der Waals surface area contributed by atoms with Gasteiger partial charge in [0.2, 0.25) is 0 Å². The fourth-order valence-corrected chi connectivity index (χ4v) is 3.56. The molecule has 1 amide bonds. The summed E-state index contributed by atoms with van der Waals surface area (Å²) >= 11 is 1.39. The summed E-state index contributed by atoms with van der Waals surface area (Å²) in [6, 6.07) is 6.14. The third-order valence-corrected chi connectivity index (χ3v) is 4.96. The SMILES string of the molecule is Cl.Cl.O=C(NCCC1CCCNC1)c1csc(-c2ccc(F)cc2)n1. The van der Waals surface area contributed by atoms with Gasteiger partial charge in [-0.05, 0) is 62.5 Å². The Hall–Kier alpha value is -1.21. The summed E-state index contributed by atoms with van der Waals surface area (Å²) in [7, 11) is 0. The molecule has 0 aliphatic carbocycles. The van der Waals surface area contributed by atoms with E-state index in [-0.39, 0.29) is 36.5 Å². The van der Waals surface area contributed by atoms with E-state index in [4.69, 9.17) is 0 Å². The van der Waals surface area contributed by atoms with Crippen LogP contribution in [0.5, 0.6) is 0 Å². The quantitative estimate of drug-likeness (QED) is 0.792. The number of halogens is 3. The molecule has 0 spiro atoms. The van der Waals surface area contributed by atoms with E-state index in [1.165, 1.54) is 36.3 Å². The van der Waals surface area contributed by atoms with Crippen LogP contribution in [0.3, 0.4) is 0 Å². The largest absolute Gasteiger partial charge is 0.351 e. The number of aromatic nitrogens is 1. The van der Waals surface area contributed by atoms with Gasteiger partial charge in [-0.15, -0.1) is 36.2 Å². The van der Waals surface area contributed by atoms with Crippen LogP contribution in [0.2, 0.25) is 0 Å². The number of thiazole rings is 1. The van der Waals surface area contributed by atoms with E-state index in [9.17, 15) is 9.18 Å². The van der Waals surface area contributed by atoms with Crippen LogP contribution in [-0.2, 0) is 0 Å². The summed E-state index contributed by atoms with van der Waals surface area (Å²) in [6.45, 7) is 2.82. The highest BCUT2D eigenvalue weighted by Gasteiger charge is 2.15. The second-order valence-corrected chi connectivity index (χ2v) is 6.66. The van der Waals surface area contributed by atoms with Crippen molar-refractivity contribution >= 4 is 42.1 Å². The number of piperidine rings is 1. The van der Waals surface area contributed by atoms with Crippen LogP contribution in [0.25, 0.3) is 10.6 Å². The lowest BCUT2D eigenvalue weighted by atomic mass is 9.96. The van der Waals surface area contributed by atoms with E-state index in [1.54, 1.807) is 17.5 Å². The van der Waals surface area contributed by atoms with Gasteiger partial charge in [0.25, 0.3) is 5.91 Å². The maximum Gasteiger partial charge on any atom is 0.270 e. The summed E-state index contributed by atoms with van der Waals surface area (Å²) < 4.78 is 12.9. The molecule has 8 heteroatoms. The lowest BCUT2D eigenvalue weighted by molar-refractivity contribution is 0.0946. The normalized spacial score (nSPS) is 16.4. The Bertz CT molecular complexity index is 660. The van der Waals surface area contributed by atoms with E-state index in [1.807, 2.05) is 0 Å². The highest BCUT2D eigenvalue weighted by atomic mass is 35.5. The van der Waals surface area contributed by atoms with Crippen LogP contribution < -0.4 is 10.6 Å². The summed E-state index contributed by atoms with van der Waals surface area (Å²) in [5, 5.41) is 8.79. The van der Waals surface area contributed by atoms with Crippen molar-refractivity contribution in [3.63, 3.8) is 0 Å². The Kier molecular flexibility index (Phi) is 9.35. The fourth-order valence-electron chi connectivity index (χ4n) is 2.75. The lowest BCUT2D eigenvalue weighted by Crippen LogP contribution is -2.33. The third kappa shape index (κ3) is 6.22. The second kappa shape index (κ2) is 10.7. The number of rotatable bonds is 5. The molecular formula is C17H22Cl2FN3OS. The van der Waals surface area contributed by atoms with Crippen molar-refractivity contribution in [3.05, 3.63) is 41.2 Å². The highest BCUT2D eigenvalue weighted by molar-refractivity contribution is 7.13. The van der Waals surface area contributed by atoms with Crippen molar-refractivity contribution in [1.29, 1.82) is 0 Å². The van der Waals surface area contributed by atoms with Crippen LogP contribution in [-0.4, -0.2) is 30.5 Å². The number of hydrogen-bond acceptors (Lipinski definition) is 4. The maximum absolute atomic E-state index is 12.9. The molecule has 0 saturated carbocycles. The van der Waals surface area contributed by atoms with E-state index < -0.39 is 0 Å². The van der Waals surface area contributed by atoms with E-state index in [2.05, 4.69) is 15.6 Å². The predicted molar refractivity (Wildman–Crippen MR) is 105 cm³/mol. The van der Waals surface area contributed by atoms with Crippen molar-refractivity contribution in [2.75, 3.05) is 19.6 Å². The molecule has 2 N–H and O–H groups in total. The Morgan fingerprint density at radius 1 is 1.32 bits per heavy atom. The minimum absolute atomic E-state index is 0. The molecule has 1 unspecified atom stereocenters. The summed E-state index contributed by atoms with van der Waals surface area (Å²) in [5.74, 6) is 0.230. The van der Waals surface area contributed by atoms with E-state index >= 15 is 0 Å². The van der Waals surface area contributed by atoms with Gasteiger partial charge in [-0.25, -0.2) is 9.37 Å². The number of nitrogens with zero attached hydrogens (tertiary/aromatic N) is 1. The monoisotopic (exact) mass is 405 g/mol. The first kappa shape index (κ1) is 21.8. The molecule has 1 aliphatic heterocycles. The van der Waals surface area contributed by atoms with Crippen molar-refractivity contribution in [1.82, 2.24) is 15.6 Å². The van der Waals surface area contributed by atoms with Crippen LogP contribution in [0, 0.1) is 11.7 Å². The van der Waals surface area contributed by atoms with Gasteiger partial charge in [0.15, 0.2) is 0 Å². The van der Waals surface area contributed by atoms with Crippen molar-refractivity contribution < 1.29 is 9.18 Å². The van der Waals surface area contributed by atoms with Gasteiger partial charge in [0.1, 0.15) is 16.5 Å². The van der Waals surface area contributed by atoms with Gasteiger partial charge in [-0.2, -0.15) is 0 Å². The molecule has 1 saturated heterocycles. The van der Waals surface area contributed by atoms with Gasteiger partial charge in [-0.3, -0.25) is 4.79 Å². The first-order chi connectivity index (χ1) is 11.2. The minimum atomic E-state index is -0.277. The van der Waals surface area contributed by atoms with Crippen LogP contribution in [0.4, 0.5) is 4.39 Å². The molecule has 4 nitrogen and oxygen atoms in total. The predicted octanol–water partition coefficient (Wildman–Crippen LogP) is 3.91. The Labute approximate surface area is 163 Å². The van der Waals surface area contributed by atoms with Gasteiger partial charge in [0.05, 0.1) is 0 Å². The second-order valence-electron chi connectivity index (χ2n) is 5.80. The number of carbonyl (C=O) groups excluding carboxylic acids is 1. The zero-order valence-electron chi connectivity index (χ0n) is 13.7. The molecule has 1 aromatic carbocycles. The molecule has 1 fully saturated rings. The smallest absolute Gasteiger partial charge is 0.270 e. The molecule has 2 aromatic rings. The molecule has 0 radical (unpaired) electrons. The summed E-state index contributed by atoms with van der Waals surface area (Å²) in [6.07, 6.45) is 3.44. The third-order valence-electron chi connectivity index (χ3n) is 4.07. The van der Waals surface area contributed by atoms with E-state index in [0.29, 0.717) is 18.2 Å². The Morgan fingerprint density at radius 3 is 2.76 bits per heavy atom. The molecule has 1 atom stereocenters. The maximum atomic E-state index is 12.9. The molecule has 3 rings (SSSR count). The molecular weight excluding hydrogens is 384 g/mol. The molecule has 2 heterocycles. The van der Waals surface area contributed by atoms with Gasteiger partial charge in [-0.1, -0.05) is 0 Å². The van der Waals surface area contributed by atoms with Crippen molar-refractivity contribution in [2.45, 2.75) is 19.3 Å². The first-order valence-corrected chi connectivity index (χ1v) is 8.81. The zero-order valence-corrected chi connectivity index (χ0v) is 16.1. The topological polar surface area (TPSA) is 54.0 Å². The van der Waals surface area contributed by atoms with Gasteiger partial charge < -0.3 is 10.6 Å². The van der Waals surface area contributed by atoms with Crippen LogP contribution in [0.15, 0.2) is 29.6 Å². The van der Waals surface area contributed by atoms with Gasteiger partial charge >= 0.3 is 0 Å². The highest BCUT2D eigenvalue weighted by Crippen LogP contribution is 2.23. The van der Waals surface area contributed by atoms with Gasteiger partial charge in [0, 0.05) is 17.5 Å². The number of nitrogens with one attached hydrogen (secondary N) is 2. The number of carbonyl (C=O) groups is 1. The van der Waals surface area contributed by atoms with Crippen LogP contribution >= 0.6 is 36.2 Å². The molecule has 0 bridgehead atoms. The fraction of sp³-hybridized carbons (Fsp3) is 0.412. The Morgan fingerprint density at radius 2 is 2.08 bits per heavy atom.